The van der Waals surface area contributed by atoms with Crippen molar-refractivity contribution in [2.45, 2.75) is 6.18 Å². The number of amides is 1. The van der Waals surface area contributed by atoms with Gasteiger partial charge in [-0.2, -0.15) is 13.2 Å². The molecule has 106 valence electrons. The molecule has 0 heterocycles. The molecule has 0 aromatic heterocycles. The fraction of sp³-hybridized carbons (Fsp3) is 0.364. The van der Waals surface area contributed by atoms with Crippen molar-refractivity contribution in [3.63, 3.8) is 0 Å². The van der Waals surface area contributed by atoms with Crippen LogP contribution >= 0.6 is 11.6 Å². The zero-order valence-electron chi connectivity index (χ0n) is 9.56. The number of hydrogen-bond acceptors (Lipinski definition) is 2. The van der Waals surface area contributed by atoms with E-state index in [1.54, 1.807) is 0 Å². The summed E-state index contributed by atoms with van der Waals surface area (Å²) in [7, 11) is 0. The quantitative estimate of drug-likeness (QED) is 0.671. The van der Waals surface area contributed by atoms with E-state index >= 15 is 0 Å². The Labute approximate surface area is 111 Å². The van der Waals surface area contributed by atoms with Crippen molar-refractivity contribution in [3.05, 3.63) is 34.6 Å². The van der Waals surface area contributed by atoms with Crippen molar-refractivity contribution in [1.29, 1.82) is 0 Å². The van der Waals surface area contributed by atoms with Crippen molar-refractivity contribution < 1.29 is 27.1 Å². The first kappa shape index (κ1) is 15.7. The summed E-state index contributed by atoms with van der Waals surface area (Å²) in [4.78, 5) is 11.5. The Morgan fingerprint density at radius 3 is 2.63 bits per heavy atom. The summed E-state index contributed by atoms with van der Waals surface area (Å²) in [6.45, 7) is -1.87. The molecule has 1 aromatic carbocycles. The molecule has 1 amide bonds. The third-order valence-corrected chi connectivity index (χ3v) is 2.21. The number of carbonyl (C=O) groups excluding carboxylic acids is 1. The predicted molar refractivity (Wildman–Crippen MR) is 60.6 cm³/mol. The first-order chi connectivity index (χ1) is 8.79. The topological polar surface area (TPSA) is 38.3 Å². The van der Waals surface area contributed by atoms with E-state index in [1.165, 1.54) is 12.1 Å². The van der Waals surface area contributed by atoms with Gasteiger partial charge in [0, 0.05) is 11.6 Å². The van der Waals surface area contributed by atoms with Gasteiger partial charge in [-0.05, 0) is 18.2 Å². The molecule has 19 heavy (non-hydrogen) atoms. The molecule has 8 heteroatoms. The van der Waals surface area contributed by atoms with Crippen LogP contribution in [0.15, 0.2) is 18.2 Å². The molecule has 0 unspecified atom stereocenters. The van der Waals surface area contributed by atoms with E-state index < -0.39 is 24.5 Å². The summed E-state index contributed by atoms with van der Waals surface area (Å²) in [5.41, 5.74) is -0.236. The van der Waals surface area contributed by atoms with E-state index in [2.05, 4.69) is 10.1 Å². The predicted octanol–water partition coefficient (Wildman–Crippen LogP) is 2.79. The maximum absolute atomic E-state index is 13.3. The van der Waals surface area contributed by atoms with Gasteiger partial charge in [0.2, 0.25) is 0 Å². The molecule has 0 aliphatic rings. The highest BCUT2D eigenvalue weighted by molar-refractivity contribution is 6.30. The molecule has 3 nitrogen and oxygen atoms in total. The maximum Gasteiger partial charge on any atom is 0.411 e. The number of nitrogens with one attached hydrogen (secondary N) is 1. The molecule has 0 aliphatic carbocycles. The molecule has 0 saturated heterocycles. The largest absolute Gasteiger partial charge is 0.411 e. The van der Waals surface area contributed by atoms with Gasteiger partial charge in [0.1, 0.15) is 12.4 Å². The second-order valence-electron chi connectivity index (χ2n) is 3.55. The summed E-state index contributed by atoms with van der Waals surface area (Å²) >= 11 is 5.51. The van der Waals surface area contributed by atoms with Gasteiger partial charge < -0.3 is 10.1 Å². The standard InChI is InChI=1S/C11H10ClF4NO2/c12-7-1-2-8(9(13)5-7)10(18)17-3-4-19-6-11(14,15)16/h1-2,5H,3-4,6H2,(H,17,18). The smallest absolute Gasteiger partial charge is 0.370 e. The lowest BCUT2D eigenvalue weighted by Gasteiger charge is -2.09. The Kier molecular flexibility index (Phi) is 5.56. The van der Waals surface area contributed by atoms with Crippen LogP contribution in [0.1, 0.15) is 10.4 Å². The number of rotatable bonds is 5. The van der Waals surface area contributed by atoms with Crippen molar-refractivity contribution in [2.24, 2.45) is 0 Å². The number of ether oxygens (including phenoxy) is 1. The zero-order valence-corrected chi connectivity index (χ0v) is 10.3. The molecule has 0 atom stereocenters. The average molecular weight is 300 g/mol. The summed E-state index contributed by atoms with van der Waals surface area (Å²) < 4.78 is 52.8. The van der Waals surface area contributed by atoms with Crippen LogP contribution in [0.2, 0.25) is 5.02 Å². The first-order valence-electron chi connectivity index (χ1n) is 5.17. The van der Waals surface area contributed by atoms with Gasteiger partial charge in [-0.3, -0.25) is 4.79 Å². The lowest BCUT2D eigenvalue weighted by Crippen LogP contribution is -2.29. The van der Waals surface area contributed by atoms with Crippen LogP contribution in [-0.4, -0.2) is 31.8 Å². The molecular weight excluding hydrogens is 290 g/mol. The lowest BCUT2D eigenvalue weighted by molar-refractivity contribution is -0.173. The minimum atomic E-state index is -4.41. The minimum absolute atomic E-state index is 0.141. The average Bonchev–Trinajstić information content (AvgIpc) is 2.26. The van der Waals surface area contributed by atoms with Crippen molar-refractivity contribution in [2.75, 3.05) is 19.8 Å². The Balaban J connectivity index is 2.36. The van der Waals surface area contributed by atoms with Gasteiger partial charge in [0.05, 0.1) is 12.2 Å². The highest BCUT2D eigenvalue weighted by atomic mass is 35.5. The number of carbonyl (C=O) groups is 1. The Morgan fingerprint density at radius 2 is 2.05 bits per heavy atom. The van der Waals surface area contributed by atoms with Crippen LogP contribution in [0.4, 0.5) is 17.6 Å². The summed E-state index contributed by atoms with van der Waals surface area (Å²) in [5, 5.41) is 2.37. The highest BCUT2D eigenvalue weighted by Gasteiger charge is 2.27. The Morgan fingerprint density at radius 1 is 1.37 bits per heavy atom. The molecule has 1 N–H and O–H groups in total. The van der Waals surface area contributed by atoms with Crippen LogP contribution < -0.4 is 5.32 Å². The second kappa shape index (κ2) is 6.72. The summed E-state index contributed by atoms with van der Waals surface area (Å²) in [6, 6.07) is 3.49. The van der Waals surface area contributed by atoms with E-state index in [-0.39, 0.29) is 23.7 Å². The highest BCUT2D eigenvalue weighted by Crippen LogP contribution is 2.15. The molecule has 0 radical (unpaired) electrons. The number of benzene rings is 1. The zero-order chi connectivity index (χ0) is 14.5. The van der Waals surface area contributed by atoms with E-state index in [4.69, 9.17) is 11.6 Å². The van der Waals surface area contributed by atoms with Crippen LogP contribution in [0.3, 0.4) is 0 Å². The number of alkyl halides is 3. The van der Waals surface area contributed by atoms with Gasteiger partial charge in [0.15, 0.2) is 0 Å². The molecule has 0 bridgehead atoms. The molecule has 1 rings (SSSR count). The molecule has 0 fully saturated rings. The Bertz CT molecular complexity index is 451. The van der Waals surface area contributed by atoms with E-state index in [9.17, 15) is 22.4 Å². The molecule has 0 saturated carbocycles. The van der Waals surface area contributed by atoms with Crippen LogP contribution in [-0.2, 0) is 4.74 Å². The fourth-order valence-electron chi connectivity index (χ4n) is 1.19. The van der Waals surface area contributed by atoms with E-state index in [1.807, 2.05) is 0 Å². The number of hydrogen-bond donors (Lipinski definition) is 1. The SMILES string of the molecule is O=C(NCCOCC(F)(F)F)c1ccc(Cl)cc1F. The first-order valence-corrected chi connectivity index (χ1v) is 5.55. The summed E-state index contributed by atoms with van der Waals surface area (Å²) in [5.74, 6) is -1.55. The molecule has 0 spiro atoms. The minimum Gasteiger partial charge on any atom is -0.370 e. The summed E-state index contributed by atoms with van der Waals surface area (Å²) in [6.07, 6.45) is -4.41. The Hall–Kier alpha value is -1.34. The van der Waals surface area contributed by atoms with E-state index in [0.29, 0.717) is 0 Å². The molecular formula is C11H10ClF4NO2. The monoisotopic (exact) mass is 299 g/mol. The second-order valence-corrected chi connectivity index (χ2v) is 3.98. The van der Waals surface area contributed by atoms with Crippen LogP contribution in [0.25, 0.3) is 0 Å². The van der Waals surface area contributed by atoms with Gasteiger partial charge in [-0.15, -0.1) is 0 Å². The van der Waals surface area contributed by atoms with Gasteiger partial charge in [-0.25, -0.2) is 4.39 Å². The van der Waals surface area contributed by atoms with Gasteiger partial charge in [0.25, 0.3) is 5.91 Å². The third-order valence-electron chi connectivity index (χ3n) is 1.97. The number of halogens is 5. The van der Waals surface area contributed by atoms with Crippen LogP contribution in [0.5, 0.6) is 0 Å². The molecule has 0 aliphatic heterocycles. The van der Waals surface area contributed by atoms with Crippen molar-refractivity contribution >= 4 is 17.5 Å². The normalized spacial score (nSPS) is 11.4. The van der Waals surface area contributed by atoms with Gasteiger partial charge in [-0.1, -0.05) is 11.6 Å². The third kappa shape index (κ3) is 5.89. The lowest BCUT2D eigenvalue weighted by atomic mass is 10.2. The van der Waals surface area contributed by atoms with Crippen molar-refractivity contribution in [1.82, 2.24) is 5.32 Å². The van der Waals surface area contributed by atoms with Crippen molar-refractivity contribution in [3.8, 4) is 0 Å². The van der Waals surface area contributed by atoms with Crippen LogP contribution in [0, 0.1) is 5.82 Å². The van der Waals surface area contributed by atoms with Gasteiger partial charge >= 0.3 is 6.18 Å². The maximum atomic E-state index is 13.3. The molecule has 1 aromatic rings. The fourth-order valence-corrected chi connectivity index (χ4v) is 1.35. The van der Waals surface area contributed by atoms with E-state index in [0.717, 1.165) is 6.07 Å².